The van der Waals surface area contributed by atoms with Crippen LogP contribution in [0, 0.1) is 6.92 Å². The molecule has 0 radical (unpaired) electrons. The molecule has 0 saturated heterocycles. The summed E-state index contributed by atoms with van der Waals surface area (Å²) in [6, 6.07) is 11.7. The highest BCUT2D eigenvalue weighted by atomic mass is 15.1. The fourth-order valence-electron chi connectivity index (χ4n) is 3.92. The zero-order chi connectivity index (χ0) is 18.8. The molecule has 3 aromatic rings. The Hall–Kier alpha value is -2.53. The Labute approximate surface area is 160 Å². The lowest BCUT2D eigenvalue weighted by Crippen LogP contribution is -2.36. The van der Waals surface area contributed by atoms with Crippen LogP contribution in [0.2, 0.25) is 0 Å². The third kappa shape index (κ3) is 3.93. The summed E-state index contributed by atoms with van der Waals surface area (Å²) >= 11 is 0. The fraction of sp³-hybridized carbons (Fsp3) is 0.409. The number of nitrogens with one attached hydrogen (secondary N) is 1. The molecule has 1 fully saturated rings. The van der Waals surface area contributed by atoms with Crippen LogP contribution in [-0.2, 0) is 0 Å². The van der Waals surface area contributed by atoms with Gasteiger partial charge in [0.25, 0.3) is 0 Å². The van der Waals surface area contributed by atoms with Crippen molar-refractivity contribution in [2.24, 2.45) is 0 Å². The standard InChI is InChI=1S/C22H27N5/c1-15-4-5-17(13-23-15)16-6-11-21-20(12-16)22(25-14-24-21)26-18-7-9-19(10-8-18)27(2)3/h4-6,11-14,18-19H,7-10H2,1-3H3,(H,24,25,26)/t18-,19-. The van der Waals surface area contributed by atoms with E-state index in [1.54, 1.807) is 6.33 Å². The van der Waals surface area contributed by atoms with Gasteiger partial charge in [-0.1, -0.05) is 12.1 Å². The molecular formula is C22H27N5. The monoisotopic (exact) mass is 361 g/mol. The van der Waals surface area contributed by atoms with E-state index < -0.39 is 0 Å². The molecule has 1 aliphatic carbocycles. The Bertz CT molecular complexity index is 912. The summed E-state index contributed by atoms with van der Waals surface area (Å²) in [6.45, 7) is 2.01. The van der Waals surface area contributed by atoms with Crippen molar-refractivity contribution in [1.82, 2.24) is 19.9 Å². The van der Waals surface area contributed by atoms with Gasteiger partial charge in [0.2, 0.25) is 0 Å². The predicted molar refractivity (Wildman–Crippen MR) is 111 cm³/mol. The van der Waals surface area contributed by atoms with Gasteiger partial charge in [-0.2, -0.15) is 0 Å². The van der Waals surface area contributed by atoms with E-state index in [2.05, 4.69) is 63.5 Å². The molecule has 5 heteroatoms. The second-order valence-electron chi connectivity index (χ2n) is 7.76. The van der Waals surface area contributed by atoms with Crippen LogP contribution in [0.1, 0.15) is 31.4 Å². The van der Waals surface area contributed by atoms with Gasteiger partial charge in [-0.3, -0.25) is 4.98 Å². The normalized spacial score (nSPS) is 20.1. The highest BCUT2D eigenvalue weighted by Crippen LogP contribution is 2.29. The number of hydrogen-bond acceptors (Lipinski definition) is 5. The van der Waals surface area contributed by atoms with Gasteiger partial charge in [-0.25, -0.2) is 9.97 Å². The van der Waals surface area contributed by atoms with Crippen LogP contribution in [0.25, 0.3) is 22.0 Å². The van der Waals surface area contributed by atoms with Crippen molar-refractivity contribution in [2.45, 2.75) is 44.7 Å². The second-order valence-corrected chi connectivity index (χ2v) is 7.76. The van der Waals surface area contributed by atoms with E-state index in [4.69, 9.17) is 0 Å². The SMILES string of the molecule is Cc1ccc(-c2ccc3ncnc(N[C@H]4CC[C@H](N(C)C)CC4)c3c2)cn1. The van der Waals surface area contributed by atoms with Crippen LogP contribution < -0.4 is 5.32 Å². The maximum atomic E-state index is 4.56. The van der Waals surface area contributed by atoms with E-state index in [0.717, 1.165) is 33.5 Å². The summed E-state index contributed by atoms with van der Waals surface area (Å²) < 4.78 is 0. The number of benzene rings is 1. The van der Waals surface area contributed by atoms with Crippen LogP contribution >= 0.6 is 0 Å². The van der Waals surface area contributed by atoms with E-state index in [0.29, 0.717) is 12.1 Å². The van der Waals surface area contributed by atoms with Gasteiger partial charge in [0.1, 0.15) is 12.1 Å². The third-order valence-electron chi connectivity index (χ3n) is 5.65. The third-order valence-corrected chi connectivity index (χ3v) is 5.65. The number of aryl methyl sites for hydroxylation is 1. The highest BCUT2D eigenvalue weighted by Gasteiger charge is 2.23. The predicted octanol–water partition coefficient (Wildman–Crippen LogP) is 4.28. The zero-order valence-corrected chi connectivity index (χ0v) is 16.3. The summed E-state index contributed by atoms with van der Waals surface area (Å²) in [4.78, 5) is 15.8. The van der Waals surface area contributed by atoms with E-state index in [-0.39, 0.29) is 0 Å². The Morgan fingerprint density at radius 1 is 0.926 bits per heavy atom. The Balaban J connectivity index is 1.59. The first kappa shape index (κ1) is 17.9. The molecule has 4 rings (SSSR count). The van der Waals surface area contributed by atoms with Gasteiger partial charge in [-0.05, 0) is 70.5 Å². The lowest BCUT2D eigenvalue weighted by molar-refractivity contribution is 0.221. The molecule has 0 amide bonds. The van der Waals surface area contributed by atoms with Crippen LogP contribution in [0.5, 0.6) is 0 Å². The number of aromatic nitrogens is 3. The van der Waals surface area contributed by atoms with E-state index in [1.807, 2.05) is 19.2 Å². The number of rotatable bonds is 4. The van der Waals surface area contributed by atoms with E-state index >= 15 is 0 Å². The second kappa shape index (κ2) is 7.61. The molecule has 0 bridgehead atoms. The van der Waals surface area contributed by atoms with Crippen molar-refractivity contribution in [1.29, 1.82) is 0 Å². The molecule has 0 spiro atoms. The lowest BCUT2D eigenvalue weighted by Gasteiger charge is -2.33. The molecule has 1 aliphatic rings. The molecule has 1 saturated carbocycles. The van der Waals surface area contributed by atoms with Gasteiger partial charge in [0, 0.05) is 34.9 Å². The molecule has 140 valence electrons. The summed E-state index contributed by atoms with van der Waals surface area (Å²) in [5.41, 5.74) is 4.25. The molecule has 27 heavy (non-hydrogen) atoms. The first-order chi connectivity index (χ1) is 13.1. The van der Waals surface area contributed by atoms with Gasteiger partial charge < -0.3 is 10.2 Å². The Kier molecular flexibility index (Phi) is 5.03. The fourth-order valence-corrected chi connectivity index (χ4v) is 3.92. The minimum atomic E-state index is 0.476. The van der Waals surface area contributed by atoms with Crippen molar-refractivity contribution in [3.8, 4) is 11.1 Å². The zero-order valence-electron chi connectivity index (χ0n) is 16.3. The topological polar surface area (TPSA) is 53.9 Å². The maximum absolute atomic E-state index is 4.56. The molecular weight excluding hydrogens is 334 g/mol. The minimum absolute atomic E-state index is 0.476. The molecule has 1 aromatic carbocycles. The number of fused-ring (bicyclic) bond motifs is 1. The van der Waals surface area contributed by atoms with Crippen molar-refractivity contribution in [3.05, 3.63) is 48.5 Å². The van der Waals surface area contributed by atoms with Crippen molar-refractivity contribution in [2.75, 3.05) is 19.4 Å². The summed E-state index contributed by atoms with van der Waals surface area (Å²) in [5, 5.41) is 4.76. The quantitative estimate of drug-likeness (QED) is 0.751. The number of nitrogens with zero attached hydrogens (tertiary/aromatic N) is 4. The van der Waals surface area contributed by atoms with Crippen LogP contribution in [0.4, 0.5) is 5.82 Å². The van der Waals surface area contributed by atoms with Gasteiger partial charge in [-0.15, -0.1) is 0 Å². The van der Waals surface area contributed by atoms with Crippen LogP contribution in [0.15, 0.2) is 42.9 Å². The average molecular weight is 361 g/mol. The van der Waals surface area contributed by atoms with Crippen LogP contribution in [-0.4, -0.2) is 46.0 Å². The first-order valence-corrected chi connectivity index (χ1v) is 9.71. The molecule has 0 aliphatic heterocycles. The molecule has 0 atom stereocenters. The van der Waals surface area contributed by atoms with Crippen LogP contribution in [0.3, 0.4) is 0 Å². The average Bonchev–Trinajstić information content (AvgIpc) is 2.69. The summed E-state index contributed by atoms with van der Waals surface area (Å²) in [5.74, 6) is 0.940. The van der Waals surface area contributed by atoms with Crippen molar-refractivity contribution < 1.29 is 0 Å². The number of pyridine rings is 1. The molecule has 5 nitrogen and oxygen atoms in total. The molecule has 2 heterocycles. The van der Waals surface area contributed by atoms with Gasteiger partial charge in [0.05, 0.1) is 5.52 Å². The van der Waals surface area contributed by atoms with E-state index in [9.17, 15) is 0 Å². The van der Waals surface area contributed by atoms with Crippen molar-refractivity contribution >= 4 is 16.7 Å². The van der Waals surface area contributed by atoms with Crippen molar-refractivity contribution in [3.63, 3.8) is 0 Å². The van der Waals surface area contributed by atoms with Gasteiger partial charge >= 0.3 is 0 Å². The number of anilines is 1. The van der Waals surface area contributed by atoms with E-state index in [1.165, 1.54) is 25.7 Å². The summed E-state index contributed by atoms with van der Waals surface area (Å²) in [6.07, 6.45) is 8.40. The summed E-state index contributed by atoms with van der Waals surface area (Å²) in [7, 11) is 4.36. The lowest BCUT2D eigenvalue weighted by atomic mass is 9.90. The smallest absolute Gasteiger partial charge is 0.137 e. The molecule has 1 N–H and O–H groups in total. The first-order valence-electron chi connectivity index (χ1n) is 9.71. The molecule has 0 unspecified atom stereocenters. The Morgan fingerprint density at radius 3 is 2.41 bits per heavy atom. The minimum Gasteiger partial charge on any atom is -0.367 e. The maximum Gasteiger partial charge on any atom is 0.137 e. The Morgan fingerprint density at radius 2 is 1.70 bits per heavy atom. The highest BCUT2D eigenvalue weighted by molar-refractivity contribution is 5.92. The molecule has 2 aromatic heterocycles. The number of hydrogen-bond donors (Lipinski definition) is 1. The largest absolute Gasteiger partial charge is 0.367 e. The van der Waals surface area contributed by atoms with Gasteiger partial charge in [0.15, 0.2) is 0 Å².